The Balaban J connectivity index is 2.58. The van der Waals surface area contributed by atoms with Crippen LogP contribution < -0.4 is 0 Å². The molecule has 0 amide bonds. The summed E-state index contributed by atoms with van der Waals surface area (Å²) >= 11 is 5.96. The molecule has 4 nitrogen and oxygen atoms in total. The Labute approximate surface area is 85.4 Å². The fourth-order valence-electron chi connectivity index (χ4n) is 1.11. The van der Waals surface area contributed by atoms with Gasteiger partial charge in [0.25, 0.3) is 0 Å². The fraction of sp³-hybridized carbons (Fsp3) is 0. The van der Waals surface area contributed by atoms with Gasteiger partial charge in [-0.3, -0.25) is 4.57 Å². The highest BCUT2D eigenvalue weighted by Gasteiger charge is 2.03. The van der Waals surface area contributed by atoms with Gasteiger partial charge in [0.15, 0.2) is 0 Å². The highest BCUT2D eigenvalue weighted by molar-refractivity contribution is 6.32. The molecule has 0 saturated heterocycles. The monoisotopic (exact) mass is 204 g/mol. The highest BCUT2D eigenvalue weighted by Crippen LogP contribution is 2.20. The maximum Gasteiger partial charge on any atom is 0.123 e. The number of rotatable bonds is 1. The molecule has 2 rings (SSSR count). The lowest BCUT2D eigenvalue weighted by molar-refractivity contribution is 1.05. The third kappa shape index (κ3) is 1.45. The maximum atomic E-state index is 8.72. The van der Waals surface area contributed by atoms with Crippen molar-refractivity contribution in [1.29, 1.82) is 5.26 Å². The summed E-state index contributed by atoms with van der Waals surface area (Å²) in [7, 11) is 0. The van der Waals surface area contributed by atoms with E-state index in [1.807, 2.05) is 6.07 Å². The Morgan fingerprint density at radius 1 is 1.29 bits per heavy atom. The molecule has 0 unspecified atom stereocenters. The normalized spacial score (nSPS) is 9.71. The van der Waals surface area contributed by atoms with Crippen molar-refractivity contribution in [2.24, 2.45) is 0 Å². The fourth-order valence-corrected chi connectivity index (χ4v) is 1.32. The van der Waals surface area contributed by atoms with Crippen molar-refractivity contribution in [1.82, 2.24) is 14.8 Å². The van der Waals surface area contributed by atoms with Gasteiger partial charge in [-0.05, 0) is 18.2 Å². The van der Waals surface area contributed by atoms with Crippen LogP contribution in [0.5, 0.6) is 0 Å². The third-order valence-corrected chi connectivity index (χ3v) is 2.09. The number of nitrogens with zero attached hydrogens (tertiary/aromatic N) is 4. The molecule has 0 aliphatic heterocycles. The minimum atomic E-state index is 0.554. The first-order valence-corrected chi connectivity index (χ1v) is 4.23. The lowest BCUT2D eigenvalue weighted by Gasteiger charge is -2.03. The van der Waals surface area contributed by atoms with Crippen LogP contribution in [0.1, 0.15) is 5.56 Å². The molecule has 0 N–H and O–H groups in total. The summed E-state index contributed by atoms with van der Waals surface area (Å²) in [6.07, 6.45) is 3.06. The van der Waals surface area contributed by atoms with E-state index in [1.165, 1.54) is 12.7 Å². The Morgan fingerprint density at radius 2 is 2.00 bits per heavy atom. The second kappa shape index (κ2) is 3.48. The Bertz CT molecular complexity index is 484. The quantitative estimate of drug-likeness (QED) is 0.712. The average Bonchev–Trinajstić information content (AvgIpc) is 2.71. The highest BCUT2D eigenvalue weighted by atomic mass is 35.5. The van der Waals surface area contributed by atoms with Gasteiger partial charge in [-0.25, -0.2) is 0 Å². The van der Waals surface area contributed by atoms with Gasteiger partial charge in [-0.15, -0.1) is 10.2 Å². The minimum Gasteiger partial charge on any atom is -0.287 e. The van der Waals surface area contributed by atoms with Crippen LogP contribution in [-0.4, -0.2) is 14.8 Å². The van der Waals surface area contributed by atoms with E-state index in [-0.39, 0.29) is 0 Å². The summed E-state index contributed by atoms with van der Waals surface area (Å²) in [4.78, 5) is 0. The van der Waals surface area contributed by atoms with Crippen LogP contribution in [0.25, 0.3) is 5.69 Å². The van der Waals surface area contributed by atoms with Gasteiger partial charge in [0.2, 0.25) is 0 Å². The van der Waals surface area contributed by atoms with Crippen molar-refractivity contribution in [2.45, 2.75) is 0 Å². The summed E-state index contributed by atoms with van der Waals surface area (Å²) in [5, 5.41) is 16.6. The molecule has 0 radical (unpaired) electrons. The number of hydrogen-bond donors (Lipinski definition) is 0. The van der Waals surface area contributed by atoms with E-state index in [4.69, 9.17) is 16.9 Å². The molecule has 0 saturated carbocycles. The topological polar surface area (TPSA) is 54.5 Å². The van der Waals surface area contributed by atoms with Crippen LogP contribution in [0, 0.1) is 11.3 Å². The standard InChI is InChI=1S/C9H5ClN4/c10-8-2-1-7(4-11)3-9(8)14-5-12-13-6-14/h1-3,5-6H. The van der Waals surface area contributed by atoms with Gasteiger partial charge in [0.05, 0.1) is 22.3 Å². The molecule has 5 heteroatoms. The third-order valence-electron chi connectivity index (χ3n) is 1.77. The van der Waals surface area contributed by atoms with Crippen LogP contribution in [0.2, 0.25) is 5.02 Å². The zero-order valence-electron chi connectivity index (χ0n) is 7.05. The van der Waals surface area contributed by atoms with Gasteiger partial charge < -0.3 is 0 Å². The van der Waals surface area contributed by atoms with E-state index < -0.39 is 0 Å². The van der Waals surface area contributed by atoms with Crippen molar-refractivity contribution < 1.29 is 0 Å². The molecule has 0 aliphatic rings. The molecule has 68 valence electrons. The van der Waals surface area contributed by atoms with Crippen molar-refractivity contribution in [3.05, 3.63) is 41.4 Å². The van der Waals surface area contributed by atoms with Gasteiger partial charge in [0, 0.05) is 0 Å². The predicted octanol–water partition coefficient (Wildman–Crippen LogP) is 1.79. The van der Waals surface area contributed by atoms with Gasteiger partial charge >= 0.3 is 0 Å². The maximum absolute atomic E-state index is 8.72. The van der Waals surface area contributed by atoms with Crippen LogP contribution in [0.4, 0.5) is 0 Å². The van der Waals surface area contributed by atoms with Crippen molar-refractivity contribution >= 4 is 11.6 Å². The minimum absolute atomic E-state index is 0.554. The molecule has 0 bridgehead atoms. The van der Waals surface area contributed by atoms with Crippen molar-refractivity contribution in [3.8, 4) is 11.8 Å². The smallest absolute Gasteiger partial charge is 0.123 e. The molecule has 14 heavy (non-hydrogen) atoms. The van der Waals surface area contributed by atoms with Gasteiger partial charge in [-0.2, -0.15) is 5.26 Å². The molecule has 2 aromatic rings. The predicted molar refractivity (Wildman–Crippen MR) is 51.1 cm³/mol. The average molecular weight is 205 g/mol. The largest absolute Gasteiger partial charge is 0.287 e. The van der Waals surface area contributed by atoms with E-state index >= 15 is 0 Å². The van der Waals surface area contributed by atoms with Crippen LogP contribution in [0.3, 0.4) is 0 Å². The van der Waals surface area contributed by atoms with Crippen molar-refractivity contribution in [3.63, 3.8) is 0 Å². The summed E-state index contributed by atoms with van der Waals surface area (Å²) in [5.74, 6) is 0. The van der Waals surface area contributed by atoms with Gasteiger partial charge in [-0.1, -0.05) is 11.6 Å². The second-order valence-corrected chi connectivity index (χ2v) is 3.05. The Morgan fingerprint density at radius 3 is 2.64 bits per heavy atom. The number of benzene rings is 1. The van der Waals surface area contributed by atoms with E-state index in [0.29, 0.717) is 16.3 Å². The van der Waals surface area contributed by atoms with E-state index in [9.17, 15) is 0 Å². The Kier molecular flexibility index (Phi) is 2.17. The molecule has 0 spiro atoms. The first-order valence-electron chi connectivity index (χ1n) is 3.86. The SMILES string of the molecule is N#Cc1ccc(Cl)c(-n2cnnc2)c1. The van der Waals surface area contributed by atoms with Crippen LogP contribution in [-0.2, 0) is 0 Å². The summed E-state index contributed by atoms with van der Waals surface area (Å²) in [6, 6.07) is 7.07. The number of hydrogen-bond acceptors (Lipinski definition) is 3. The zero-order valence-corrected chi connectivity index (χ0v) is 7.81. The zero-order chi connectivity index (χ0) is 9.97. The molecular formula is C9H5ClN4. The van der Waals surface area contributed by atoms with E-state index in [0.717, 1.165) is 0 Å². The molecule has 0 aliphatic carbocycles. The Hall–Kier alpha value is -1.86. The summed E-state index contributed by atoms with van der Waals surface area (Å²) in [5.41, 5.74) is 1.26. The molecule has 0 atom stereocenters. The molecule has 1 aromatic heterocycles. The first-order chi connectivity index (χ1) is 6.81. The van der Waals surface area contributed by atoms with Crippen LogP contribution >= 0.6 is 11.6 Å². The molecule has 1 aromatic carbocycles. The lowest BCUT2D eigenvalue weighted by atomic mass is 10.2. The second-order valence-electron chi connectivity index (χ2n) is 2.65. The van der Waals surface area contributed by atoms with Crippen molar-refractivity contribution in [2.75, 3.05) is 0 Å². The number of nitriles is 1. The first kappa shape index (κ1) is 8.73. The summed E-state index contributed by atoms with van der Waals surface area (Å²) < 4.78 is 1.66. The van der Waals surface area contributed by atoms with E-state index in [1.54, 1.807) is 22.8 Å². The number of aromatic nitrogens is 3. The molecule has 1 heterocycles. The molecular weight excluding hydrogens is 200 g/mol. The van der Waals surface area contributed by atoms with Gasteiger partial charge in [0.1, 0.15) is 12.7 Å². The molecule has 0 fully saturated rings. The summed E-state index contributed by atoms with van der Waals surface area (Å²) in [6.45, 7) is 0. The van der Waals surface area contributed by atoms with E-state index in [2.05, 4.69) is 10.2 Å². The number of halogens is 1. The lowest BCUT2D eigenvalue weighted by Crippen LogP contribution is -1.92. The van der Waals surface area contributed by atoms with Crippen LogP contribution in [0.15, 0.2) is 30.9 Å².